The zero-order valence-electron chi connectivity index (χ0n) is 10.6. The number of alkyl carbamates (subject to hydrolysis) is 1. The van der Waals surface area contributed by atoms with Crippen LogP contribution < -0.4 is 5.32 Å². The summed E-state index contributed by atoms with van der Waals surface area (Å²) in [6, 6.07) is 8.95. The number of benzene rings is 1. The van der Waals surface area contributed by atoms with Gasteiger partial charge in [-0.2, -0.15) is 0 Å². The van der Waals surface area contributed by atoms with E-state index in [2.05, 4.69) is 0 Å². The van der Waals surface area contributed by atoms with E-state index in [1.807, 2.05) is 11.4 Å². The number of rotatable bonds is 6. The van der Waals surface area contributed by atoms with Gasteiger partial charge in [0.15, 0.2) is 0 Å². The van der Waals surface area contributed by atoms with Crippen molar-refractivity contribution in [3.05, 3.63) is 35.9 Å². The van der Waals surface area contributed by atoms with Crippen LogP contribution in [0.1, 0.15) is 25.3 Å². The zero-order chi connectivity index (χ0) is 14.3. The van der Waals surface area contributed by atoms with Gasteiger partial charge in [0.25, 0.3) is 0 Å². The number of carboxylic acid groups (broad SMARTS) is 1. The van der Waals surface area contributed by atoms with Gasteiger partial charge in [-0.3, -0.25) is 5.32 Å². The van der Waals surface area contributed by atoms with Gasteiger partial charge in [0.05, 0.1) is 0 Å². The topological polar surface area (TPSA) is 95.9 Å². The molecule has 3 N–H and O–H groups in total. The number of amides is 1. The van der Waals surface area contributed by atoms with E-state index >= 15 is 0 Å². The molecular formula is C13H17NO5. The van der Waals surface area contributed by atoms with Crippen molar-refractivity contribution in [2.75, 3.05) is 0 Å². The van der Waals surface area contributed by atoms with Gasteiger partial charge in [-0.05, 0) is 5.56 Å². The minimum Gasteiger partial charge on any atom is -0.478 e. The van der Waals surface area contributed by atoms with Crippen LogP contribution in [0.3, 0.4) is 0 Å². The van der Waals surface area contributed by atoms with Crippen molar-refractivity contribution in [2.24, 2.45) is 0 Å². The smallest absolute Gasteiger partial charge is 0.410 e. The largest absolute Gasteiger partial charge is 0.478 e. The summed E-state index contributed by atoms with van der Waals surface area (Å²) in [4.78, 5) is 22.4. The molecule has 0 aliphatic carbocycles. The number of carbonyl (C=O) groups excluding carboxylic acids is 1. The summed E-state index contributed by atoms with van der Waals surface area (Å²) in [6.07, 6.45) is -0.660. The van der Waals surface area contributed by atoms with Gasteiger partial charge in [-0.1, -0.05) is 43.7 Å². The Hall–Kier alpha value is -2.08. The van der Waals surface area contributed by atoms with E-state index in [1.54, 1.807) is 31.2 Å². The van der Waals surface area contributed by atoms with E-state index in [1.165, 1.54) is 0 Å². The molecule has 0 saturated heterocycles. The van der Waals surface area contributed by atoms with E-state index in [0.717, 1.165) is 5.56 Å². The van der Waals surface area contributed by atoms with E-state index in [9.17, 15) is 14.7 Å². The third kappa shape index (κ3) is 4.59. The first kappa shape index (κ1) is 15.0. The molecule has 0 aliphatic rings. The van der Waals surface area contributed by atoms with Crippen LogP contribution >= 0.6 is 0 Å². The second kappa shape index (κ2) is 6.75. The Morgan fingerprint density at radius 3 is 2.47 bits per heavy atom. The summed E-state index contributed by atoms with van der Waals surface area (Å²) < 4.78 is 4.85. The average molecular weight is 267 g/mol. The lowest BCUT2D eigenvalue weighted by Gasteiger charge is -2.23. The number of carboxylic acids is 1. The average Bonchev–Trinajstić information content (AvgIpc) is 2.37. The number of hydrogen-bond donors (Lipinski definition) is 3. The third-order valence-corrected chi connectivity index (χ3v) is 2.49. The van der Waals surface area contributed by atoms with E-state index in [0.29, 0.717) is 6.42 Å². The Balaban J connectivity index is 2.52. The number of carbonyl (C=O) groups is 2. The molecule has 0 aliphatic heterocycles. The van der Waals surface area contributed by atoms with Gasteiger partial charge in [-0.25, -0.2) is 9.59 Å². The molecule has 0 aromatic heterocycles. The maximum absolute atomic E-state index is 11.5. The fraction of sp³-hybridized carbons (Fsp3) is 0.385. The molecule has 1 aromatic carbocycles. The second-order valence-electron chi connectivity index (χ2n) is 4.10. The molecule has 6 nitrogen and oxygen atoms in total. The molecule has 19 heavy (non-hydrogen) atoms. The molecule has 0 heterocycles. The Labute approximate surface area is 111 Å². The van der Waals surface area contributed by atoms with Crippen LogP contribution in [0.15, 0.2) is 30.3 Å². The van der Waals surface area contributed by atoms with Crippen LogP contribution in [0.4, 0.5) is 4.79 Å². The van der Waals surface area contributed by atoms with Crippen molar-refractivity contribution in [1.82, 2.24) is 5.32 Å². The molecule has 104 valence electrons. The van der Waals surface area contributed by atoms with Crippen LogP contribution in [0.2, 0.25) is 0 Å². The molecule has 1 aromatic rings. The van der Waals surface area contributed by atoms with Crippen molar-refractivity contribution in [1.29, 1.82) is 0 Å². The maximum atomic E-state index is 11.5. The Morgan fingerprint density at radius 2 is 1.95 bits per heavy atom. The SMILES string of the molecule is CCCC(O)(NC(=O)OCc1ccccc1)C(=O)O. The highest BCUT2D eigenvalue weighted by atomic mass is 16.6. The first-order valence-electron chi connectivity index (χ1n) is 5.92. The van der Waals surface area contributed by atoms with E-state index in [4.69, 9.17) is 9.84 Å². The molecule has 1 rings (SSSR count). The maximum Gasteiger partial charge on any atom is 0.410 e. The summed E-state index contributed by atoms with van der Waals surface area (Å²) in [5.74, 6) is -1.51. The van der Waals surface area contributed by atoms with Gasteiger partial charge in [0, 0.05) is 6.42 Å². The Bertz CT molecular complexity index is 434. The number of ether oxygens (including phenoxy) is 1. The molecule has 0 fully saturated rings. The highest BCUT2D eigenvalue weighted by Gasteiger charge is 2.37. The van der Waals surface area contributed by atoms with Gasteiger partial charge in [-0.15, -0.1) is 0 Å². The fourth-order valence-corrected chi connectivity index (χ4v) is 1.51. The first-order valence-corrected chi connectivity index (χ1v) is 5.92. The first-order chi connectivity index (χ1) is 8.98. The van der Waals surface area contributed by atoms with Crippen LogP contribution in [-0.2, 0) is 16.1 Å². The predicted molar refractivity (Wildman–Crippen MR) is 67.3 cm³/mol. The normalized spacial score (nSPS) is 13.4. The van der Waals surface area contributed by atoms with Crippen molar-refractivity contribution >= 4 is 12.1 Å². The van der Waals surface area contributed by atoms with Gasteiger partial charge in [0.1, 0.15) is 6.61 Å². The highest BCUT2D eigenvalue weighted by Crippen LogP contribution is 2.10. The summed E-state index contributed by atoms with van der Waals surface area (Å²) >= 11 is 0. The number of aliphatic carboxylic acids is 1. The number of nitrogens with one attached hydrogen (secondary N) is 1. The molecule has 0 saturated carbocycles. The van der Waals surface area contributed by atoms with Crippen LogP contribution in [-0.4, -0.2) is 28.0 Å². The molecule has 1 unspecified atom stereocenters. The third-order valence-electron chi connectivity index (χ3n) is 2.49. The van der Waals surface area contributed by atoms with Crippen molar-refractivity contribution in [2.45, 2.75) is 32.1 Å². The quantitative estimate of drug-likeness (QED) is 0.678. The molecule has 0 radical (unpaired) electrons. The second-order valence-corrected chi connectivity index (χ2v) is 4.10. The minimum atomic E-state index is -2.29. The highest BCUT2D eigenvalue weighted by molar-refractivity contribution is 5.82. The van der Waals surface area contributed by atoms with Gasteiger partial charge >= 0.3 is 12.1 Å². The number of hydrogen-bond acceptors (Lipinski definition) is 4. The van der Waals surface area contributed by atoms with E-state index in [-0.39, 0.29) is 13.0 Å². The van der Waals surface area contributed by atoms with Crippen molar-refractivity contribution < 1.29 is 24.5 Å². The molecule has 6 heteroatoms. The lowest BCUT2D eigenvalue weighted by molar-refractivity contribution is -0.162. The van der Waals surface area contributed by atoms with Crippen LogP contribution in [0, 0.1) is 0 Å². The Kier molecular flexibility index (Phi) is 5.32. The van der Waals surface area contributed by atoms with Crippen LogP contribution in [0.5, 0.6) is 0 Å². The summed E-state index contributed by atoms with van der Waals surface area (Å²) in [5, 5.41) is 20.6. The molecule has 0 spiro atoms. The van der Waals surface area contributed by atoms with Gasteiger partial charge < -0.3 is 14.9 Å². The lowest BCUT2D eigenvalue weighted by Crippen LogP contribution is -2.54. The summed E-state index contributed by atoms with van der Waals surface area (Å²) in [5.41, 5.74) is -1.52. The van der Waals surface area contributed by atoms with Crippen LogP contribution in [0.25, 0.3) is 0 Å². The monoisotopic (exact) mass is 267 g/mol. The van der Waals surface area contributed by atoms with E-state index < -0.39 is 17.8 Å². The summed E-state index contributed by atoms with van der Waals surface area (Å²) in [7, 11) is 0. The molecule has 1 amide bonds. The minimum absolute atomic E-state index is 0.00843. The fourth-order valence-electron chi connectivity index (χ4n) is 1.51. The Morgan fingerprint density at radius 1 is 1.32 bits per heavy atom. The van der Waals surface area contributed by atoms with Gasteiger partial charge in [0.2, 0.25) is 5.72 Å². The molecular weight excluding hydrogens is 250 g/mol. The predicted octanol–water partition coefficient (Wildman–Crippen LogP) is 1.49. The molecule has 1 atom stereocenters. The lowest BCUT2D eigenvalue weighted by atomic mass is 10.1. The van der Waals surface area contributed by atoms with Crippen molar-refractivity contribution in [3.8, 4) is 0 Å². The zero-order valence-corrected chi connectivity index (χ0v) is 10.6. The molecule has 0 bridgehead atoms. The summed E-state index contributed by atoms with van der Waals surface area (Å²) in [6.45, 7) is 1.71. The van der Waals surface area contributed by atoms with Crippen molar-refractivity contribution in [3.63, 3.8) is 0 Å². The standard InChI is InChI=1S/C13H17NO5/c1-2-8-13(18,11(15)16)14-12(17)19-9-10-6-4-3-5-7-10/h3-7,18H,2,8-9H2,1H3,(H,14,17)(H,15,16). The number of aliphatic hydroxyl groups is 1.